The van der Waals surface area contributed by atoms with Crippen LogP contribution in [-0.4, -0.2) is 26.6 Å². The minimum atomic E-state index is -0.270. The number of nitrogens with one attached hydrogen (secondary N) is 2. The van der Waals surface area contributed by atoms with Crippen LogP contribution < -0.4 is 10.6 Å². The van der Waals surface area contributed by atoms with Gasteiger partial charge in [-0.05, 0) is 30.7 Å². The van der Waals surface area contributed by atoms with Crippen molar-refractivity contribution in [1.29, 1.82) is 0 Å². The largest absolute Gasteiger partial charge is 0.351 e. The van der Waals surface area contributed by atoms with Gasteiger partial charge in [-0.25, -0.2) is 4.98 Å². The summed E-state index contributed by atoms with van der Waals surface area (Å²) in [6, 6.07) is 11.5. The third kappa shape index (κ3) is 5.24. The van der Waals surface area contributed by atoms with Gasteiger partial charge < -0.3 is 5.32 Å². The average Bonchev–Trinajstić information content (AvgIpc) is 3.48. The third-order valence-corrected chi connectivity index (χ3v) is 6.96. The maximum Gasteiger partial charge on any atom is 0.260 e. The lowest BCUT2D eigenvalue weighted by Gasteiger charge is -2.03. The van der Waals surface area contributed by atoms with Crippen molar-refractivity contribution >= 4 is 51.2 Å². The third-order valence-electron chi connectivity index (χ3n) is 4.61. The SMILES string of the molecule is CC(=O)NCc1ccc(-c2nc(NC(=O)c3cnn(Cc4ccccc4Cl)c3)sc2C)s1. The molecule has 0 aliphatic heterocycles. The van der Waals surface area contributed by atoms with Crippen molar-refractivity contribution < 1.29 is 9.59 Å². The maximum absolute atomic E-state index is 12.7. The van der Waals surface area contributed by atoms with Crippen molar-refractivity contribution in [1.82, 2.24) is 20.1 Å². The van der Waals surface area contributed by atoms with Crippen molar-refractivity contribution in [2.75, 3.05) is 5.32 Å². The number of carbonyl (C=O) groups excluding carboxylic acids is 2. The zero-order valence-corrected chi connectivity index (χ0v) is 19.8. The number of aromatic nitrogens is 3. The zero-order valence-electron chi connectivity index (χ0n) is 17.4. The molecule has 10 heteroatoms. The summed E-state index contributed by atoms with van der Waals surface area (Å²) in [5, 5.41) is 11.1. The molecule has 2 N–H and O–H groups in total. The van der Waals surface area contributed by atoms with Gasteiger partial charge in [-0.15, -0.1) is 22.7 Å². The van der Waals surface area contributed by atoms with Crippen LogP contribution in [0.15, 0.2) is 48.8 Å². The number of benzene rings is 1. The lowest BCUT2D eigenvalue weighted by Crippen LogP contribution is -2.17. The van der Waals surface area contributed by atoms with Crippen molar-refractivity contribution in [3.8, 4) is 10.6 Å². The van der Waals surface area contributed by atoms with Gasteiger partial charge in [-0.1, -0.05) is 29.8 Å². The number of halogens is 1. The van der Waals surface area contributed by atoms with E-state index in [4.69, 9.17) is 11.6 Å². The van der Waals surface area contributed by atoms with E-state index in [1.54, 1.807) is 22.2 Å². The number of thiazole rings is 1. The number of aryl methyl sites for hydroxylation is 1. The van der Waals surface area contributed by atoms with Crippen LogP contribution >= 0.6 is 34.3 Å². The van der Waals surface area contributed by atoms with Gasteiger partial charge in [-0.3, -0.25) is 19.6 Å². The summed E-state index contributed by atoms with van der Waals surface area (Å²) in [5.74, 6) is -0.335. The minimum absolute atomic E-state index is 0.0648. The van der Waals surface area contributed by atoms with Crippen LogP contribution in [-0.2, 0) is 17.9 Å². The molecular formula is C22H20ClN5O2S2. The van der Waals surface area contributed by atoms with Crippen LogP contribution in [0.1, 0.15) is 32.6 Å². The Morgan fingerprint density at radius 2 is 1.97 bits per heavy atom. The monoisotopic (exact) mass is 485 g/mol. The van der Waals surface area contributed by atoms with E-state index in [2.05, 4.69) is 20.7 Å². The number of hydrogen-bond donors (Lipinski definition) is 2. The Bertz CT molecular complexity index is 1280. The second-order valence-corrected chi connectivity index (χ2v) is 9.85. The fraction of sp³-hybridized carbons (Fsp3) is 0.182. The van der Waals surface area contributed by atoms with Crippen LogP contribution in [0, 0.1) is 6.92 Å². The van der Waals surface area contributed by atoms with Gasteiger partial charge in [0.25, 0.3) is 5.91 Å². The first-order chi connectivity index (χ1) is 15.4. The Labute approximate surface area is 198 Å². The number of thiophene rings is 1. The predicted molar refractivity (Wildman–Crippen MR) is 128 cm³/mol. The van der Waals surface area contributed by atoms with Crippen LogP contribution in [0.4, 0.5) is 5.13 Å². The number of anilines is 1. The fourth-order valence-electron chi connectivity index (χ4n) is 3.03. The van der Waals surface area contributed by atoms with Crippen LogP contribution in [0.2, 0.25) is 5.02 Å². The van der Waals surface area contributed by atoms with E-state index in [1.165, 1.54) is 24.5 Å². The molecule has 2 amide bonds. The number of rotatable bonds is 7. The smallest absolute Gasteiger partial charge is 0.260 e. The molecule has 0 saturated heterocycles. The predicted octanol–water partition coefficient (Wildman–Crippen LogP) is 4.97. The highest BCUT2D eigenvalue weighted by Crippen LogP contribution is 2.34. The van der Waals surface area contributed by atoms with Crippen molar-refractivity contribution in [2.24, 2.45) is 0 Å². The van der Waals surface area contributed by atoms with Gasteiger partial charge in [0, 0.05) is 27.9 Å². The normalized spacial score (nSPS) is 10.8. The molecule has 0 atom stereocenters. The standard InChI is InChI=1S/C22H20ClN5O2S2/c1-13-20(19-8-7-17(32-19)10-24-14(2)29)26-22(31-13)27-21(30)16-9-25-28(12-16)11-15-5-3-4-6-18(15)23/h3-9,12H,10-11H2,1-2H3,(H,24,29)(H,26,27,30). The molecule has 7 nitrogen and oxygen atoms in total. The second-order valence-electron chi connectivity index (χ2n) is 7.07. The van der Waals surface area contributed by atoms with Crippen molar-refractivity contribution in [3.63, 3.8) is 0 Å². The summed E-state index contributed by atoms with van der Waals surface area (Å²) in [6.07, 6.45) is 3.22. The Hall–Kier alpha value is -3.01. The second kappa shape index (κ2) is 9.64. The molecule has 0 radical (unpaired) electrons. The molecule has 0 aliphatic rings. The molecule has 0 saturated carbocycles. The molecule has 0 aliphatic carbocycles. The highest BCUT2D eigenvalue weighted by Gasteiger charge is 2.16. The summed E-state index contributed by atoms with van der Waals surface area (Å²) < 4.78 is 1.68. The van der Waals surface area contributed by atoms with E-state index < -0.39 is 0 Å². The number of amides is 2. The molecule has 0 fully saturated rings. The van der Waals surface area contributed by atoms with E-state index in [1.807, 2.05) is 43.3 Å². The van der Waals surface area contributed by atoms with E-state index in [0.717, 1.165) is 25.9 Å². The summed E-state index contributed by atoms with van der Waals surface area (Å²) in [6.45, 7) is 4.43. The van der Waals surface area contributed by atoms with Crippen LogP contribution in [0.5, 0.6) is 0 Å². The Morgan fingerprint density at radius 1 is 1.16 bits per heavy atom. The lowest BCUT2D eigenvalue weighted by atomic mass is 10.2. The minimum Gasteiger partial charge on any atom is -0.351 e. The molecule has 164 valence electrons. The fourth-order valence-corrected chi connectivity index (χ4v) is 5.11. The first-order valence-electron chi connectivity index (χ1n) is 9.77. The van der Waals surface area contributed by atoms with Gasteiger partial charge >= 0.3 is 0 Å². The van der Waals surface area contributed by atoms with E-state index in [0.29, 0.717) is 28.8 Å². The molecule has 3 heterocycles. The summed E-state index contributed by atoms with van der Waals surface area (Å²) >= 11 is 9.20. The van der Waals surface area contributed by atoms with Gasteiger partial charge in [0.15, 0.2) is 5.13 Å². The molecule has 4 aromatic rings. The molecular weight excluding hydrogens is 466 g/mol. The van der Waals surface area contributed by atoms with Crippen LogP contribution in [0.3, 0.4) is 0 Å². The highest BCUT2D eigenvalue weighted by atomic mass is 35.5. The topological polar surface area (TPSA) is 88.9 Å². The lowest BCUT2D eigenvalue weighted by molar-refractivity contribution is -0.119. The maximum atomic E-state index is 12.7. The molecule has 1 aromatic carbocycles. The van der Waals surface area contributed by atoms with E-state index >= 15 is 0 Å². The van der Waals surface area contributed by atoms with Gasteiger partial charge in [0.1, 0.15) is 0 Å². The highest BCUT2D eigenvalue weighted by molar-refractivity contribution is 7.18. The van der Waals surface area contributed by atoms with Crippen LogP contribution in [0.25, 0.3) is 10.6 Å². The molecule has 0 bridgehead atoms. The van der Waals surface area contributed by atoms with Crippen molar-refractivity contribution in [2.45, 2.75) is 26.9 Å². The Morgan fingerprint density at radius 3 is 2.75 bits per heavy atom. The van der Waals surface area contributed by atoms with E-state index in [9.17, 15) is 9.59 Å². The van der Waals surface area contributed by atoms with Gasteiger partial charge in [0.2, 0.25) is 5.91 Å². The molecule has 3 aromatic heterocycles. The quantitative estimate of drug-likeness (QED) is 0.387. The Balaban J connectivity index is 1.43. The number of carbonyl (C=O) groups is 2. The average molecular weight is 486 g/mol. The summed E-state index contributed by atoms with van der Waals surface area (Å²) in [4.78, 5) is 31.4. The molecule has 4 rings (SSSR count). The first-order valence-corrected chi connectivity index (χ1v) is 11.8. The zero-order chi connectivity index (χ0) is 22.7. The van der Waals surface area contributed by atoms with Gasteiger partial charge in [0.05, 0.1) is 35.4 Å². The number of hydrogen-bond acceptors (Lipinski definition) is 6. The molecule has 0 spiro atoms. The number of nitrogens with zero attached hydrogens (tertiary/aromatic N) is 3. The van der Waals surface area contributed by atoms with Crippen molar-refractivity contribution in [3.05, 3.63) is 74.7 Å². The molecule has 32 heavy (non-hydrogen) atoms. The van der Waals surface area contributed by atoms with Gasteiger partial charge in [-0.2, -0.15) is 5.10 Å². The molecule has 0 unspecified atom stereocenters. The first kappa shape index (κ1) is 22.2. The summed E-state index contributed by atoms with van der Waals surface area (Å²) in [7, 11) is 0. The summed E-state index contributed by atoms with van der Waals surface area (Å²) in [5.41, 5.74) is 2.21. The van der Waals surface area contributed by atoms with E-state index in [-0.39, 0.29) is 11.8 Å². The Kier molecular flexibility index (Phi) is 6.69.